The molecule has 0 unspecified atom stereocenters. The number of imidazole rings is 1. The van der Waals surface area contributed by atoms with Crippen LogP contribution >= 0.6 is 11.8 Å². The predicted molar refractivity (Wildman–Crippen MR) is 109 cm³/mol. The molecule has 138 valence electrons. The predicted octanol–water partition coefficient (Wildman–Crippen LogP) is 4.07. The summed E-state index contributed by atoms with van der Waals surface area (Å²) in [4.78, 5) is 17.1. The van der Waals surface area contributed by atoms with Crippen molar-refractivity contribution < 1.29 is 4.79 Å². The number of aromatic amines is 1. The van der Waals surface area contributed by atoms with Crippen LogP contribution in [0.2, 0.25) is 0 Å². The van der Waals surface area contributed by atoms with Gasteiger partial charge in [-0.3, -0.25) is 9.20 Å². The minimum atomic E-state index is -0.0313. The average molecular weight is 379 g/mol. The van der Waals surface area contributed by atoms with E-state index >= 15 is 0 Å². The second-order valence-corrected chi connectivity index (χ2v) is 7.20. The van der Waals surface area contributed by atoms with E-state index in [0.29, 0.717) is 5.78 Å². The maximum atomic E-state index is 12.6. The van der Waals surface area contributed by atoms with E-state index in [1.165, 1.54) is 11.8 Å². The Labute approximate surface area is 161 Å². The van der Waals surface area contributed by atoms with E-state index in [1.807, 2.05) is 34.7 Å². The topological polar surface area (TPSA) is 75.1 Å². The van der Waals surface area contributed by atoms with Gasteiger partial charge in [-0.15, -0.1) is 5.10 Å². The molecule has 0 saturated carbocycles. The smallest absolute Gasteiger partial charge is 0.234 e. The van der Waals surface area contributed by atoms with E-state index < -0.39 is 0 Å². The summed E-state index contributed by atoms with van der Waals surface area (Å²) in [5.74, 6) is 0.938. The summed E-state index contributed by atoms with van der Waals surface area (Å²) in [7, 11) is 0. The summed E-state index contributed by atoms with van der Waals surface area (Å²) >= 11 is 1.40. The van der Waals surface area contributed by atoms with Crippen molar-refractivity contribution in [3.05, 3.63) is 53.6 Å². The van der Waals surface area contributed by atoms with Crippen LogP contribution in [0, 0.1) is 0 Å². The number of para-hydroxylation sites is 3. The van der Waals surface area contributed by atoms with Gasteiger partial charge in [-0.1, -0.05) is 55.9 Å². The minimum absolute atomic E-state index is 0.0313. The maximum Gasteiger partial charge on any atom is 0.234 e. The van der Waals surface area contributed by atoms with Crippen LogP contribution in [0.5, 0.6) is 0 Å². The third-order valence-electron chi connectivity index (χ3n) is 4.60. The van der Waals surface area contributed by atoms with Gasteiger partial charge in [0.2, 0.25) is 11.7 Å². The number of nitrogens with one attached hydrogen (secondary N) is 2. The molecule has 0 aliphatic heterocycles. The minimum Gasteiger partial charge on any atom is -0.325 e. The van der Waals surface area contributed by atoms with Crippen LogP contribution in [0.4, 0.5) is 5.69 Å². The van der Waals surface area contributed by atoms with Crippen molar-refractivity contribution in [2.24, 2.45) is 0 Å². The highest BCUT2D eigenvalue weighted by Crippen LogP contribution is 2.25. The van der Waals surface area contributed by atoms with E-state index in [1.54, 1.807) is 0 Å². The molecular weight excluding hydrogens is 358 g/mol. The molecule has 4 aromatic rings. The van der Waals surface area contributed by atoms with Crippen molar-refractivity contribution in [1.82, 2.24) is 19.6 Å². The lowest BCUT2D eigenvalue weighted by Gasteiger charge is -2.14. The summed E-state index contributed by atoms with van der Waals surface area (Å²) < 4.78 is 1.95. The van der Waals surface area contributed by atoms with E-state index in [9.17, 15) is 4.79 Å². The number of benzene rings is 2. The first-order chi connectivity index (χ1) is 13.2. The third-order valence-corrected chi connectivity index (χ3v) is 5.54. The highest BCUT2D eigenvalue weighted by Gasteiger charge is 2.15. The number of nitrogens with zero attached hydrogens (tertiary/aromatic N) is 3. The van der Waals surface area contributed by atoms with Crippen LogP contribution in [-0.4, -0.2) is 31.2 Å². The summed E-state index contributed by atoms with van der Waals surface area (Å²) in [5, 5.41) is 11.1. The van der Waals surface area contributed by atoms with E-state index in [4.69, 9.17) is 0 Å². The fourth-order valence-corrected chi connectivity index (χ4v) is 4.00. The van der Waals surface area contributed by atoms with Crippen molar-refractivity contribution in [2.75, 3.05) is 11.1 Å². The Bertz CT molecular complexity index is 1090. The number of carbonyl (C=O) groups excluding carboxylic acids is 1. The van der Waals surface area contributed by atoms with Gasteiger partial charge in [0.15, 0.2) is 5.16 Å². The molecule has 2 aromatic carbocycles. The summed E-state index contributed by atoms with van der Waals surface area (Å²) in [6.45, 7) is 4.20. The molecular formula is C20H21N5OS. The monoisotopic (exact) mass is 379 g/mol. The Balaban J connectivity index is 1.53. The number of amides is 1. The maximum absolute atomic E-state index is 12.6. The van der Waals surface area contributed by atoms with Crippen LogP contribution in [0.3, 0.4) is 0 Å². The van der Waals surface area contributed by atoms with Crippen molar-refractivity contribution >= 4 is 40.2 Å². The van der Waals surface area contributed by atoms with Crippen LogP contribution < -0.4 is 5.32 Å². The Kier molecular flexibility index (Phi) is 4.85. The van der Waals surface area contributed by atoms with Crippen LogP contribution in [-0.2, 0) is 17.6 Å². The Morgan fingerprint density at radius 2 is 1.85 bits per heavy atom. The van der Waals surface area contributed by atoms with Crippen molar-refractivity contribution in [3.8, 4) is 0 Å². The zero-order valence-corrected chi connectivity index (χ0v) is 16.1. The Hall–Kier alpha value is -2.80. The SMILES string of the molecule is CCc1cccc(CC)c1NC(=O)CSc1n[nH]c2nc3ccccc3n12. The first-order valence-corrected chi connectivity index (χ1v) is 10.0. The summed E-state index contributed by atoms with van der Waals surface area (Å²) in [6, 6.07) is 14.1. The molecule has 2 aromatic heterocycles. The molecule has 0 aliphatic rings. The highest BCUT2D eigenvalue weighted by atomic mass is 32.2. The quantitative estimate of drug-likeness (QED) is 0.495. The number of rotatable bonds is 6. The number of hydrogen-bond acceptors (Lipinski definition) is 4. The molecule has 7 heteroatoms. The number of anilines is 1. The lowest BCUT2D eigenvalue weighted by Crippen LogP contribution is -2.17. The van der Waals surface area contributed by atoms with Gasteiger partial charge in [-0.25, -0.2) is 10.1 Å². The number of hydrogen-bond donors (Lipinski definition) is 2. The third kappa shape index (κ3) is 3.30. The zero-order chi connectivity index (χ0) is 18.8. The molecule has 1 amide bonds. The number of aryl methyl sites for hydroxylation is 2. The lowest BCUT2D eigenvalue weighted by molar-refractivity contribution is -0.113. The molecule has 0 fully saturated rings. The van der Waals surface area contributed by atoms with Gasteiger partial charge >= 0.3 is 0 Å². The largest absolute Gasteiger partial charge is 0.325 e. The molecule has 4 rings (SSSR count). The van der Waals surface area contributed by atoms with E-state index in [-0.39, 0.29) is 11.7 Å². The number of carbonyl (C=O) groups is 1. The summed E-state index contributed by atoms with van der Waals surface area (Å²) in [6.07, 6.45) is 1.77. The van der Waals surface area contributed by atoms with Gasteiger partial charge in [0.1, 0.15) is 0 Å². The second-order valence-electron chi connectivity index (χ2n) is 6.26. The number of aromatic nitrogens is 4. The first-order valence-electron chi connectivity index (χ1n) is 9.06. The second kappa shape index (κ2) is 7.44. The summed E-state index contributed by atoms with van der Waals surface area (Å²) in [5.41, 5.74) is 5.16. The van der Waals surface area contributed by atoms with Crippen molar-refractivity contribution in [1.29, 1.82) is 0 Å². The molecule has 0 saturated heterocycles. The molecule has 2 N–H and O–H groups in total. The fraction of sp³-hybridized carbons (Fsp3) is 0.250. The molecule has 0 bridgehead atoms. The van der Waals surface area contributed by atoms with Crippen molar-refractivity contribution in [2.45, 2.75) is 31.8 Å². The van der Waals surface area contributed by atoms with Gasteiger partial charge < -0.3 is 5.32 Å². The lowest BCUT2D eigenvalue weighted by atomic mass is 10.0. The van der Waals surface area contributed by atoms with Crippen LogP contribution in [0.25, 0.3) is 16.8 Å². The molecule has 0 atom stereocenters. The average Bonchev–Trinajstić information content (AvgIpc) is 3.25. The Morgan fingerprint density at radius 1 is 1.11 bits per heavy atom. The zero-order valence-electron chi connectivity index (χ0n) is 15.3. The van der Waals surface area contributed by atoms with E-state index in [2.05, 4.69) is 46.5 Å². The number of thioether (sulfide) groups is 1. The van der Waals surface area contributed by atoms with Gasteiger partial charge in [-0.2, -0.15) is 0 Å². The van der Waals surface area contributed by atoms with Crippen molar-refractivity contribution in [3.63, 3.8) is 0 Å². The van der Waals surface area contributed by atoms with Gasteiger partial charge in [-0.05, 0) is 36.1 Å². The van der Waals surface area contributed by atoms with E-state index in [0.717, 1.165) is 45.8 Å². The number of H-pyrrole nitrogens is 1. The van der Waals surface area contributed by atoms with Crippen LogP contribution in [0.1, 0.15) is 25.0 Å². The molecule has 2 heterocycles. The normalized spacial score (nSPS) is 11.3. The van der Waals surface area contributed by atoms with Crippen LogP contribution in [0.15, 0.2) is 47.6 Å². The molecule has 6 nitrogen and oxygen atoms in total. The van der Waals surface area contributed by atoms with Gasteiger partial charge in [0, 0.05) is 5.69 Å². The highest BCUT2D eigenvalue weighted by molar-refractivity contribution is 7.99. The molecule has 0 spiro atoms. The molecule has 0 radical (unpaired) electrons. The van der Waals surface area contributed by atoms with Gasteiger partial charge in [0.05, 0.1) is 16.8 Å². The number of fused-ring (bicyclic) bond motifs is 3. The van der Waals surface area contributed by atoms with Gasteiger partial charge in [0.25, 0.3) is 0 Å². The molecule has 27 heavy (non-hydrogen) atoms. The standard InChI is InChI=1S/C20H21N5OS/c1-3-13-8-7-9-14(4-2)18(13)22-17(26)12-27-20-24-23-19-21-15-10-5-6-11-16(15)25(19)20/h5-11H,3-4,12H2,1-2H3,(H,21,23)(H,22,26). The first kappa shape index (κ1) is 17.6. The Morgan fingerprint density at radius 3 is 2.59 bits per heavy atom. The molecule has 0 aliphatic carbocycles. The fourth-order valence-electron chi connectivity index (χ4n) is 3.25.